The highest BCUT2D eigenvalue weighted by atomic mass is 14.6. The Morgan fingerprint density at radius 2 is 1.25 bits per heavy atom. The zero-order chi connectivity index (χ0) is 12.6. The van der Waals surface area contributed by atoms with Crippen LogP contribution in [-0.2, 0) is 0 Å². The number of hydrogen-bond donors (Lipinski definition) is 0. The van der Waals surface area contributed by atoms with Gasteiger partial charge in [0.1, 0.15) is 0 Å². The van der Waals surface area contributed by atoms with Gasteiger partial charge in [0.05, 0.1) is 0 Å². The van der Waals surface area contributed by atoms with Gasteiger partial charge in [0, 0.05) is 0 Å². The van der Waals surface area contributed by atoms with Crippen LogP contribution in [0.15, 0.2) is 0 Å². The van der Waals surface area contributed by atoms with E-state index >= 15 is 0 Å². The lowest BCUT2D eigenvalue weighted by molar-refractivity contribution is -0.0190. The first-order chi connectivity index (χ1) is 7.17. The Bertz CT molecular complexity index is 203. The van der Waals surface area contributed by atoms with Crippen LogP contribution in [0.1, 0.15) is 73.6 Å². The molecule has 94 valence electrons. The predicted octanol–water partition coefficient (Wildman–Crippen LogP) is 5.44. The standard InChI is InChI=1S/C16H30/c1-8-16(14(2,3)4,15(5,6)7)13-11-9-10-12-13/h1,8-12H2,2-7H3. The van der Waals surface area contributed by atoms with E-state index in [-0.39, 0.29) is 0 Å². The highest BCUT2D eigenvalue weighted by Gasteiger charge is 2.54. The van der Waals surface area contributed by atoms with Gasteiger partial charge in [-0.2, -0.15) is 0 Å². The van der Waals surface area contributed by atoms with Crippen molar-refractivity contribution in [2.45, 2.75) is 73.6 Å². The van der Waals surface area contributed by atoms with Crippen molar-refractivity contribution in [3.8, 4) is 0 Å². The summed E-state index contributed by atoms with van der Waals surface area (Å²) in [6.45, 7) is 18.7. The van der Waals surface area contributed by atoms with Crippen LogP contribution in [0.2, 0.25) is 0 Å². The van der Waals surface area contributed by atoms with E-state index in [9.17, 15) is 0 Å². The van der Waals surface area contributed by atoms with E-state index in [4.69, 9.17) is 0 Å². The van der Waals surface area contributed by atoms with Gasteiger partial charge in [-0.15, -0.1) is 0 Å². The molecular formula is C16H30. The fourth-order valence-corrected chi connectivity index (χ4v) is 4.34. The van der Waals surface area contributed by atoms with E-state index in [0.717, 1.165) is 6.42 Å². The zero-order valence-electron chi connectivity index (χ0n) is 12.2. The Balaban J connectivity index is 3.18. The van der Waals surface area contributed by atoms with Gasteiger partial charge < -0.3 is 0 Å². The molecule has 0 nitrogen and oxygen atoms in total. The molecule has 1 rings (SSSR count). The third-order valence-electron chi connectivity index (χ3n) is 4.75. The first-order valence-corrected chi connectivity index (χ1v) is 6.81. The van der Waals surface area contributed by atoms with Crippen LogP contribution in [0.25, 0.3) is 0 Å². The van der Waals surface area contributed by atoms with E-state index in [0.29, 0.717) is 16.2 Å². The van der Waals surface area contributed by atoms with Gasteiger partial charge in [-0.1, -0.05) is 61.3 Å². The molecule has 0 bridgehead atoms. The van der Waals surface area contributed by atoms with Crippen LogP contribution in [0.4, 0.5) is 0 Å². The van der Waals surface area contributed by atoms with Crippen LogP contribution in [-0.4, -0.2) is 0 Å². The molecule has 0 atom stereocenters. The Morgan fingerprint density at radius 1 is 0.875 bits per heavy atom. The minimum absolute atomic E-state index is 0.302. The molecule has 0 aromatic carbocycles. The SMILES string of the molecule is [CH2]CC([C]1CCCC1)(C(C)(C)C)C(C)(C)C. The topological polar surface area (TPSA) is 0 Å². The second kappa shape index (κ2) is 4.35. The molecule has 0 heterocycles. The summed E-state index contributed by atoms with van der Waals surface area (Å²) in [6.07, 6.45) is 6.50. The summed E-state index contributed by atoms with van der Waals surface area (Å²) in [5, 5.41) is 0. The van der Waals surface area contributed by atoms with Gasteiger partial charge in [0.15, 0.2) is 0 Å². The van der Waals surface area contributed by atoms with Crippen molar-refractivity contribution in [2.24, 2.45) is 16.2 Å². The molecule has 0 N–H and O–H groups in total. The van der Waals surface area contributed by atoms with Gasteiger partial charge in [0.2, 0.25) is 0 Å². The molecule has 1 aliphatic carbocycles. The van der Waals surface area contributed by atoms with Crippen molar-refractivity contribution in [3.05, 3.63) is 12.8 Å². The summed E-state index contributed by atoms with van der Waals surface area (Å²) in [5.74, 6) is 1.79. The fraction of sp³-hybridized carbons (Fsp3) is 0.875. The average Bonchev–Trinajstić information content (AvgIpc) is 2.53. The number of hydrogen-bond acceptors (Lipinski definition) is 0. The molecule has 1 aliphatic rings. The van der Waals surface area contributed by atoms with Crippen molar-refractivity contribution in [3.63, 3.8) is 0 Å². The summed E-state index contributed by atoms with van der Waals surface area (Å²) >= 11 is 0. The molecule has 0 amide bonds. The van der Waals surface area contributed by atoms with Crippen molar-refractivity contribution in [1.29, 1.82) is 0 Å². The molecule has 16 heavy (non-hydrogen) atoms. The molecule has 2 radical (unpaired) electrons. The third-order valence-corrected chi connectivity index (χ3v) is 4.75. The average molecular weight is 222 g/mol. The van der Waals surface area contributed by atoms with E-state index in [1.807, 2.05) is 0 Å². The minimum Gasteiger partial charge on any atom is -0.0596 e. The largest absolute Gasteiger partial charge is 0.0596 e. The van der Waals surface area contributed by atoms with Gasteiger partial charge >= 0.3 is 0 Å². The Kier molecular flexibility index (Phi) is 3.82. The van der Waals surface area contributed by atoms with Crippen LogP contribution in [0.3, 0.4) is 0 Å². The van der Waals surface area contributed by atoms with Crippen LogP contribution in [0.5, 0.6) is 0 Å². The molecular weight excluding hydrogens is 192 g/mol. The van der Waals surface area contributed by atoms with E-state index in [1.54, 1.807) is 5.92 Å². The summed E-state index contributed by atoms with van der Waals surface area (Å²) in [4.78, 5) is 0. The molecule has 0 saturated heterocycles. The summed E-state index contributed by atoms with van der Waals surface area (Å²) < 4.78 is 0. The van der Waals surface area contributed by atoms with Gasteiger partial charge in [0.25, 0.3) is 0 Å². The Hall–Kier alpha value is 0. The molecule has 1 fully saturated rings. The highest BCUT2D eigenvalue weighted by molar-refractivity contribution is 5.18. The zero-order valence-corrected chi connectivity index (χ0v) is 12.2. The third kappa shape index (κ3) is 2.05. The molecule has 1 saturated carbocycles. The van der Waals surface area contributed by atoms with E-state index < -0.39 is 0 Å². The first-order valence-electron chi connectivity index (χ1n) is 6.81. The molecule has 0 unspecified atom stereocenters. The van der Waals surface area contributed by atoms with Crippen LogP contribution < -0.4 is 0 Å². The molecule has 0 spiro atoms. The molecule has 0 aromatic rings. The second-order valence-corrected chi connectivity index (χ2v) is 7.47. The van der Waals surface area contributed by atoms with Crippen LogP contribution >= 0.6 is 0 Å². The maximum atomic E-state index is 4.31. The predicted molar refractivity (Wildman–Crippen MR) is 73.0 cm³/mol. The first kappa shape index (κ1) is 14.1. The van der Waals surface area contributed by atoms with Crippen molar-refractivity contribution >= 4 is 0 Å². The van der Waals surface area contributed by atoms with Crippen molar-refractivity contribution < 1.29 is 0 Å². The lowest BCUT2D eigenvalue weighted by Crippen LogP contribution is -2.49. The van der Waals surface area contributed by atoms with Crippen molar-refractivity contribution in [1.82, 2.24) is 0 Å². The van der Waals surface area contributed by atoms with E-state index in [2.05, 4.69) is 48.5 Å². The Morgan fingerprint density at radius 3 is 1.50 bits per heavy atom. The highest BCUT2D eigenvalue weighted by Crippen LogP contribution is 2.62. The minimum atomic E-state index is 0.302. The summed E-state index contributed by atoms with van der Waals surface area (Å²) in [6, 6.07) is 0. The lowest BCUT2D eigenvalue weighted by Gasteiger charge is -2.57. The lowest BCUT2D eigenvalue weighted by atomic mass is 9.47. The quantitative estimate of drug-likeness (QED) is 0.584. The van der Waals surface area contributed by atoms with Crippen LogP contribution in [0, 0.1) is 29.1 Å². The van der Waals surface area contributed by atoms with E-state index in [1.165, 1.54) is 25.7 Å². The maximum absolute atomic E-state index is 4.31. The van der Waals surface area contributed by atoms with Gasteiger partial charge in [-0.25, -0.2) is 0 Å². The van der Waals surface area contributed by atoms with Gasteiger partial charge in [-0.3, -0.25) is 0 Å². The normalized spacial score (nSPS) is 20.4. The van der Waals surface area contributed by atoms with Gasteiger partial charge in [-0.05, 0) is 41.4 Å². The molecule has 0 heteroatoms. The fourth-order valence-electron chi connectivity index (χ4n) is 4.34. The summed E-state index contributed by atoms with van der Waals surface area (Å²) in [7, 11) is 0. The Labute approximate surface area is 103 Å². The molecule has 0 aromatic heterocycles. The summed E-state index contributed by atoms with van der Waals surface area (Å²) in [5.41, 5.74) is 0.926. The monoisotopic (exact) mass is 222 g/mol. The number of rotatable bonds is 2. The smallest absolute Gasteiger partial charge is 0.0138 e. The maximum Gasteiger partial charge on any atom is -0.0138 e. The molecule has 0 aliphatic heterocycles. The second-order valence-electron chi connectivity index (χ2n) is 7.47. The van der Waals surface area contributed by atoms with Crippen molar-refractivity contribution in [2.75, 3.05) is 0 Å².